The molecule has 1 aliphatic heterocycles. The molecule has 8 nitrogen and oxygen atoms in total. The van der Waals surface area contributed by atoms with Crippen LogP contribution in [0.2, 0.25) is 0 Å². The Hall–Kier alpha value is -3.52. The van der Waals surface area contributed by atoms with Gasteiger partial charge in [-0.2, -0.15) is 4.98 Å². The van der Waals surface area contributed by atoms with E-state index in [9.17, 15) is 4.79 Å². The van der Waals surface area contributed by atoms with E-state index in [2.05, 4.69) is 61.5 Å². The molecule has 3 aromatic heterocycles. The SMILES string of the molecule is CC1NCCc2ccc(Nc3ncc4c(=O)n(C5CC5)n(-c5cccc(C(C)(C)C)n5)c4n3)cc21. The topological polar surface area (TPSA) is 89.7 Å². The van der Waals surface area contributed by atoms with E-state index in [0.717, 1.165) is 37.2 Å². The Morgan fingerprint density at radius 2 is 1.94 bits per heavy atom. The summed E-state index contributed by atoms with van der Waals surface area (Å²) >= 11 is 0. The van der Waals surface area contributed by atoms with Crippen LogP contribution in [0.15, 0.2) is 47.4 Å². The molecule has 1 aliphatic carbocycles. The maximum atomic E-state index is 13.4. The Labute approximate surface area is 204 Å². The van der Waals surface area contributed by atoms with E-state index in [1.54, 1.807) is 6.20 Å². The molecule has 1 fully saturated rings. The lowest BCUT2D eigenvalue weighted by atomic mass is 9.92. The lowest BCUT2D eigenvalue weighted by molar-refractivity contribution is 0.537. The predicted molar refractivity (Wildman–Crippen MR) is 138 cm³/mol. The smallest absolute Gasteiger partial charge is 0.278 e. The number of pyridine rings is 1. The van der Waals surface area contributed by atoms with Crippen LogP contribution >= 0.6 is 0 Å². The monoisotopic (exact) mass is 469 g/mol. The van der Waals surface area contributed by atoms with Crippen LogP contribution in [0.4, 0.5) is 11.6 Å². The lowest BCUT2D eigenvalue weighted by Crippen LogP contribution is -2.27. The summed E-state index contributed by atoms with van der Waals surface area (Å²) in [6, 6.07) is 12.9. The summed E-state index contributed by atoms with van der Waals surface area (Å²) in [5.74, 6) is 1.16. The minimum Gasteiger partial charge on any atom is -0.324 e. The maximum Gasteiger partial charge on any atom is 0.278 e. The van der Waals surface area contributed by atoms with Crippen molar-refractivity contribution in [3.8, 4) is 5.82 Å². The second-order valence-electron chi connectivity index (χ2n) is 10.7. The predicted octanol–water partition coefficient (Wildman–Crippen LogP) is 4.56. The summed E-state index contributed by atoms with van der Waals surface area (Å²) in [5.41, 5.74) is 4.97. The average molecular weight is 470 g/mol. The molecular formula is C27H31N7O. The van der Waals surface area contributed by atoms with Crippen molar-refractivity contribution in [2.75, 3.05) is 11.9 Å². The highest BCUT2D eigenvalue weighted by atomic mass is 16.1. The van der Waals surface area contributed by atoms with Gasteiger partial charge in [-0.1, -0.05) is 32.9 Å². The second-order valence-corrected chi connectivity index (χ2v) is 10.7. The van der Waals surface area contributed by atoms with Gasteiger partial charge >= 0.3 is 0 Å². The first-order chi connectivity index (χ1) is 16.8. The number of anilines is 2. The summed E-state index contributed by atoms with van der Waals surface area (Å²) in [6.07, 6.45) is 4.63. The molecule has 6 rings (SSSR count). The Balaban J connectivity index is 1.46. The van der Waals surface area contributed by atoms with Crippen LogP contribution in [0.25, 0.3) is 16.9 Å². The highest BCUT2D eigenvalue weighted by Crippen LogP contribution is 2.36. The van der Waals surface area contributed by atoms with Gasteiger partial charge in [0, 0.05) is 29.0 Å². The van der Waals surface area contributed by atoms with Gasteiger partial charge in [0.2, 0.25) is 5.95 Å². The van der Waals surface area contributed by atoms with Gasteiger partial charge in [-0.15, -0.1) is 0 Å². The van der Waals surface area contributed by atoms with Crippen LogP contribution < -0.4 is 16.2 Å². The average Bonchev–Trinajstić information content (AvgIpc) is 3.63. The number of hydrogen-bond acceptors (Lipinski definition) is 6. The van der Waals surface area contributed by atoms with E-state index in [1.807, 2.05) is 27.6 Å². The molecule has 2 aliphatic rings. The number of nitrogens with zero attached hydrogens (tertiary/aromatic N) is 5. The Bertz CT molecular complexity index is 1490. The highest BCUT2D eigenvalue weighted by Gasteiger charge is 2.31. The van der Waals surface area contributed by atoms with Crippen molar-refractivity contribution in [2.24, 2.45) is 0 Å². The Morgan fingerprint density at radius 1 is 1.11 bits per heavy atom. The maximum absolute atomic E-state index is 13.4. The van der Waals surface area contributed by atoms with Crippen LogP contribution in [-0.4, -0.2) is 30.9 Å². The molecule has 35 heavy (non-hydrogen) atoms. The zero-order valence-electron chi connectivity index (χ0n) is 20.7. The Kier molecular flexibility index (Phi) is 5.03. The molecule has 1 unspecified atom stereocenters. The summed E-state index contributed by atoms with van der Waals surface area (Å²) < 4.78 is 3.69. The van der Waals surface area contributed by atoms with Crippen LogP contribution in [0.3, 0.4) is 0 Å². The number of rotatable bonds is 4. The van der Waals surface area contributed by atoms with E-state index in [1.165, 1.54) is 11.1 Å². The summed E-state index contributed by atoms with van der Waals surface area (Å²) in [7, 11) is 0. The first-order valence-electron chi connectivity index (χ1n) is 12.4. The second kappa shape index (κ2) is 8.02. The standard InChI is InChI=1S/C27H31N7O/c1-16-20-14-18(9-8-17(20)12-13-28-16)30-26-29-15-21-24(32-26)34(33(25(21)35)19-10-11-19)23-7-5-6-22(31-23)27(2,3)4/h5-9,14-16,19,28H,10-13H2,1-4H3,(H,29,30,32). The van der Waals surface area contributed by atoms with Gasteiger partial charge in [-0.3, -0.25) is 4.79 Å². The zero-order valence-corrected chi connectivity index (χ0v) is 20.7. The molecule has 1 atom stereocenters. The van der Waals surface area contributed by atoms with Crippen molar-refractivity contribution in [1.82, 2.24) is 29.6 Å². The molecule has 0 radical (unpaired) electrons. The quantitative estimate of drug-likeness (QED) is 0.455. The largest absolute Gasteiger partial charge is 0.324 e. The van der Waals surface area contributed by atoms with E-state index in [4.69, 9.17) is 9.97 Å². The first kappa shape index (κ1) is 22.0. The molecule has 0 bridgehead atoms. The summed E-state index contributed by atoms with van der Waals surface area (Å²) in [6.45, 7) is 9.60. The van der Waals surface area contributed by atoms with Gasteiger partial charge < -0.3 is 10.6 Å². The number of benzene rings is 1. The van der Waals surface area contributed by atoms with Crippen molar-refractivity contribution in [3.05, 3.63) is 69.8 Å². The van der Waals surface area contributed by atoms with Gasteiger partial charge in [0.15, 0.2) is 11.5 Å². The number of hydrogen-bond donors (Lipinski definition) is 2. The molecule has 0 saturated heterocycles. The first-order valence-corrected chi connectivity index (χ1v) is 12.4. The van der Waals surface area contributed by atoms with E-state index in [0.29, 0.717) is 28.8 Å². The normalized spacial score (nSPS) is 18.0. The number of fused-ring (bicyclic) bond motifs is 2. The summed E-state index contributed by atoms with van der Waals surface area (Å²) in [4.78, 5) is 27.6. The molecule has 8 heteroatoms. The third-order valence-corrected chi connectivity index (χ3v) is 6.95. The van der Waals surface area contributed by atoms with Gasteiger partial charge in [0.05, 0.1) is 6.04 Å². The fourth-order valence-corrected chi connectivity index (χ4v) is 4.85. The minimum absolute atomic E-state index is 0.0642. The lowest BCUT2D eigenvalue weighted by Gasteiger charge is -2.24. The number of aromatic nitrogens is 5. The van der Waals surface area contributed by atoms with Gasteiger partial charge in [0.25, 0.3) is 5.56 Å². The third kappa shape index (κ3) is 3.91. The molecule has 1 aromatic carbocycles. The fourth-order valence-electron chi connectivity index (χ4n) is 4.85. The molecule has 180 valence electrons. The van der Waals surface area contributed by atoms with E-state index in [-0.39, 0.29) is 17.0 Å². The number of nitrogens with one attached hydrogen (secondary N) is 2. The fraction of sp³-hybridized carbons (Fsp3) is 0.407. The molecule has 0 spiro atoms. The van der Waals surface area contributed by atoms with Gasteiger partial charge in [0.1, 0.15) is 5.39 Å². The Morgan fingerprint density at radius 3 is 2.71 bits per heavy atom. The van der Waals surface area contributed by atoms with Crippen molar-refractivity contribution >= 4 is 22.7 Å². The molecule has 4 aromatic rings. The van der Waals surface area contributed by atoms with E-state index < -0.39 is 0 Å². The minimum atomic E-state index is -0.107. The van der Waals surface area contributed by atoms with Crippen molar-refractivity contribution in [2.45, 2.75) is 64.5 Å². The zero-order chi connectivity index (χ0) is 24.3. The highest BCUT2D eigenvalue weighted by molar-refractivity contribution is 5.77. The van der Waals surface area contributed by atoms with Crippen LogP contribution in [0.1, 0.15) is 69.4 Å². The van der Waals surface area contributed by atoms with Crippen LogP contribution in [0.5, 0.6) is 0 Å². The van der Waals surface area contributed by atoms with E-state index >= 15 is 0 Å². The van der Waals surface area contributed by atoms with Crippen molar-refractivity contribution < 1.29 is 0 Å². The van der Waals surface area contributed by atoms with Crippen LogP contribution in [0, 0.1) is 0 Å². The molecule has 0 amide bonds. The van der Waals surface area contributed by atoms with Crippen molar-refractivity contribution in [1.29, 1.82) is 0 Å². The van der Waals surface area contributed by atoms with Crippen LogP contribution in [-0.2, 0) is 11.8 Å². The summed E-state index contributed by atoms with van der Waals surface area (Å²) in [5, 5.41) is 7.38. The van der Waals surface area contributed by atoms with Gasteiger partial charge in [-0.05, 0) is 68.1 Å². The molecule has 1 saturated carbocycles. The van der Waals surface area contributed by atoms with Gasteiger partial charge in [-0.25, -0.2) is 19.3 Å². The third-order valence-electron chi connectivity index (χ3n) is 6.95. The van der Waals surface area contributed by atoms with Crippen molar-refractivity contribution in [3.63, 3.8) is 0 Å². The molecule has 4 heterocycles. The molecular weight excluding hydrogens is 438 g/mol. The molecule has 2 N–H and O–H groups in total.